The SMILES string of the molecule is C[C@H](Oc1cccc(Br)c1)C(=O)NNC(=O)c1cccc(F)c1. The molecule has 0 unspecified atom stereocenters. The maximum absolute atomic E-state index is 13.0. The molecule has 0 saturated carbocycles. The van der Waals surface area contributed by atoms with Crippen molar-refractivity contribution < 1.29 is 18.7 Å². The summed E-state index contributed by atoms with van der Waals surface area (Å²) in [6, 6.07) is 12.2. The second kappa shape index (κ2) is 7.73. The van der Waals surface area contributed by atoms with Crippen LogP contribution in [-0.4, -0.2) is 17.9 Å². The van der Waals surface area contributed by atoms with E-state index in [-0.39, 0.29) is 5.56 Å². The Kier molecular flexibility index (Phi) is 5.70. The summed E-state index contributed by atoms with van der Waals surface area (Å²) in [6.45, 7) is 1.55. The topological polar surface area (TPSA) is 67.4 Å². The molecule has 2 rings (SSSR count). The van der Waals surface area contributed by atoms with Crippen LogP contribution in [0, 0.1) is 5.82 Å². The molecule has 5 nitrogen and oxygen atoms in total. The number of ether oxygens (including phenoxy) is 1. The first kappa shape index (κ1) is 17.0. The largest absolute Gasteiger partial charge is 0.481 e. The van der Waals surface area contributed by atoms with Gasteiger partial charge in [0.15, 0.2) is 6.10 Å². The third-order valence-corrected chi connectivity index (χ3v) is 3.36. The fourth-order valence-corrected chi connectivity index (χ4v) is 2.10. The molecular weight excluding hydrogens is 367 g/mol. The van der Waals surface area contributed by atoms with Gasteiger partial charge in [-0.1, -0.05) is 28.1 Å². The summed E-state index contributed by atoms with van der Waals surface area (Å²) in [4.78, 5) is 23.7. The maximum atomic E-state index is 13.0. The van der Waals surface area contributed by atoms with Gasteiger partial charge in [-0.05, 0) is 43.3 Å². The lowest BCUT2D eigenvalue weighted by Crippen LogP contribution is -2.47. The van der Waals surface area contributed by atoms with E-state index in [0.717, 1.165) is 10.5 Å². The number of nitrogens with one attached hydrogen (secondary N) is 2. The number of carbonyl (C=O) groups is 2. The molecule has 0 spiro atoms. The number of benzene rings is 2. The van der Waals surface area contributed by atoms with Crippen LogP contribution in [0.3, 0.4) is 0 Å². The lowest BCUT2D eigenvalue weighted by molar-refractivity contribution is -0.128. The van der Waals surface area contributed by atoms with Crippen LogP contribution in [0.4, 0.5) is 4.39 Å². The highest BCUT2D eigenvalue weighted by Crippen LogP contribution is 2.18. The van der Waals surface area contributed by atoms with Crippen molar-refractivity contribution in [2.75, 3.05) is 0 Å². The second-order valence-corrected chi connectivity index (χ2v) is 5.59. The summed E-state index contributed by atoms with van der Waals surface area (Å²) < 4.78 is 19.3. The Morgan fingerprint density at radius 3 is 2.57 bits per heavy atom. The predicted octanol–water partition coefficient (Wildman–Crippen LogP) is 2.82. The summed E-state index contributed by atoms with van der Waals surface area (Å²) in [5.74, 6) is -1.17. The Balaban J connectivity index is 1.87. The molecule has 2 amide bonds. The van der Waals surface area contributed by atoms with Gasteiger partial charge in [0, 0.05) is 10.0 Å². The molecule has 7 heteroatoms. The molecule has 0 saturated heterocycles. The number of halogens is 2. The van der Waals surface area contributed by atoms with Crippen molar-refractivity contribution in [1.82, 2.24) is 10.9 Å². The van der Waals surface area contributed by atoms with E-state index >= 15 is 0 Å². The van der Waals surface area contributed by atoms with Crippen molar-refractivity contribution in [3.8, 4) is 5.75 Å². The predicted molar refractivity (Wildman–Crippen MR) is 86.2 cm³/mol. The normalized spacial score (nSPS) is 11.4. The molecular formula is C16H14BrFN2O3. The first-order chi connectivity index (χ1) is 11.0. The Hall–Kier alpha value is -2.41. The van der Waals surface area contributed by atoms with Crippen LogP contribution in [0.25, 0.3) is 0 Å². The van der Waals surface area contributed by atoms with Crippen molar-refractivity contribution in [3.05, 3.63) is 64.4 Å². The molecule has 0 fully saturated rings. The zero-order valence-electron chi connectivity index (χ0n) is 12.2. The van der Waals surface area contributed by atoms with Gasteiger partial charge >= 0.3 is 0 Å². The number of rotatable bonds is 4. The number of hydrogen-bond acceptors (Lipinski definition) is 3. The van der Waals surface area contributed by atoms with Crippen molar-refractivity contribution in [2.45, 2.75) is 13.0 Å². The summed E-state index contributed by atoms with van der Waals surface area (Å²) >= 11 is 3.30. The van der Waals surface area contributed by atoms with E-state index in [1.807, 2.05) is 6.07 Å². The van der Waals surface area contributed by atoms with Gasteiger partial charge in [-0.15, -0.1) is 0 Å². The third-order valence-electron chi connectivity index (χ3n) is 2.86. The third kappa shape index (κ3) is 5.07. The van der Waals surface area contributed by atoms with Crippen LogP contribution in [-0.2, 0) is 4.79 Å². The van der Waals surface area contributed by atoms with Gasteiger partial charge in [0.1, 0.15) is 11.6 Å². The molecule has 1 atom stereocenters. The molecule has 0 aliphatic heterocycles. The van der Waals surface area contributed by atoms with E-state index in [0.29, 0.717) is 5.75 Å². The summed E-state index contributed by atoms with van der Waals surface area (Å²) in [6.07, 6.45) is -0.822. The van der Waals surface area contributed by atoms with Crippen molar-refractivity contribution in [3.63, 3.8) is 0 Å². The summed E-state index contributed by atoms with van der Waals surface area (Å²) in [5, 5.41) is 0. The summed E-state index contributed by atoms with van der Waals surface area (Å²) in [7, 11) is 0. The zero-order valence-corrected chi connectivity index (χ0v) is 13.8. The molecule has 2 N–H and O–H groups in total. The lowest BCUT2D eigenvalue weighted by atomic mass is 10.2. The minimum atomic E-state index is -0.822. The van der Waals surface area contributed by atoms with Gasteiger partial charge in [0.05, 0.1) is 0 Å². The monoisotopic (exact) mass is 380 g/mol. The van der Waals surface area contributed by atoms with Crippen molar-refractivity contribution in [2.24, 2.45) is 0 Å². The molecule has 0 heterocycles. The van der Waals surface area contributed by atoms with Crippen LogP contribution in [0.5, 0.6) is 5.75 Å². The number of hydrogen-bond donors (Lipinski definition) is 2. The summed E-state index contributed by atoms with van der Waals surface area (Å²) in [5.41, 5.74) is 4.55. The van der Waals surface area contributed by atoms with Gasteiger partial charge in [0.25, 0.3) is 11.8 Å². The van der Waals surface area contributed by atoms with E-state index in [2.05, 4.69) is 26.8 Å². The molecule has 0 aromatic heterocycles. The van der Waals surface area contributed by atoms with E-state index < -0.39 is 23.7 Å². The van der Waals surface area contributed by atoms with E-state index in [1.165, 1.54) is 18.2 Å². The fourth-order valence-electron chi connectivity index (χ4n) is 1.72. The van der Waals surface area contributed by atoms with Crippen LogP contribution in [0.15, 0.2) is 53.0 Å². The minimum absolute atomic E-state index is 0.103. The first-order valence-corrected chi connectivity index (χ1v) is 7.53. The van der Waals surface area contributed by atoms with Gasteiger partial charge in [-0.25, -0.2) is 4.39 Å². The van der Waals surface area contributed by atoms with Gasteiger partial charge in [0.2, 0.25) is 0 Å². The number of hydrazine groups is 1. The van der Waals surface area contributed by atoms with Crippen LogP contribution < -0.4 is 15.6 Å². The van der Waals surface area contributed by atoms with Crippen LogP contribution in [0.1, 0.15) is 17.3 Å². The average Bonchev–Trinajstić information content (AvgIpc) is 2.52. The number of amides is 2. The average molecular weight is 381 g/mol. The molecule has 120 valence electrons. The highest BCUT2D eigenvalue weighted by atomic mass is 79.9. The Labute approximate surface area is 140 Å². The molecule has 0 radical (unpaired) electrons. The van der Waals surface area contributed by atoms with Gasteiger partial charge in [-0.3, -0.25) is 20.4 Å². The van der Waals surface area contributed by atoms with Crippen LogP contribution in [0.2, 0.25) is 0 Å². The van der Waals surface area contributed by atoms with Crippen molar-refractivity contribution >= 4 is 27.7 Å². The molecule has 2 aromatic rings. The first-order valence-electron chi connectivity index (χ1n) is 6.73. The highest BCUT2D eigenvalue weighted by molar-refractivity contribution is 9.10. The van der Waals surface area contributed by atoms with Crippen molar-refractivity contribution in [1.29, 1.82) is 0 Å². The molecule has 0 aliphatic carbocycles. The molecule has 2 aromatic carbocycles. The smallest absolute Gasteiger partial charge is 0.279 e. The van der Waals surface area contributed by atoms with Crippen LogP contribution >= 0.6 is 15.9 Å². The quantitative estimate of drug-likeness (QED) is 0.801. The van der Waals surface area contributed by atoms with E-state index in [9.17, 15) is 14.0 Å². The maximum Gasteiger partial charge on any atom is 0.279 e. The van der Waals surface area contributed by atoms with Gasteiger partial charge in [-0.2, -0.15) is 0 Å². The molecule has 0 bridgehead atoms. The second-order valence-electron chi connectivity index (χ2n) is 4.67. The standard InChI is InChI=1S/C16H14BrFN2O3/c1-10(23-14-7-3-5-12(17)9-14)15(21)19-20-16(22)11-4-2-6-13(18)8-11/h2-10H,1H3,(H,19,21)(H,20,22)/t10-/m0/s1. The van der Waals surface area contributed by atoms with E-state index in [4.69, 9.17) is 4.74 Å². The number of carbonyl (C=O) groups excluding carboxylic acids is 2. The highest BCUT2D eigenvalue weighted by Gasteiger charge is 2.16. The zero-order chi connectivity index (χ0) is 16.8. The Morgan fingerprint density at radius 1 is 1.13 bits per heavy atom. The minimum Gasteiger partial charge on any atom is -0.481 e. The molecule has 23 heavy (non-hydrogen) atoms. The van der Waals surface area contributed by atoms with E-state index in [1.54, 1.807) is 25.1 Å². The van der Waals surface area contributed by atoms with Gasteiger partial charge < -0.3 is 4.74 Å². The Morgan fingerprint density at radius 2 is 1.87 bits per heavy atom. The lowest BCUT2D eigenvalue weighted by Gasteiger charge is -2.15. The fraction of sp³-hybridized carbons (Fsp3) is 0.125. The Bertz CT molecular complexity index is 724. The molecule has 0 aliphatic rings.